The summed E-state index contributed by atoms with van der Waals surface area (Å²) < 4.78 is 78.2. The van der Waals surface area contributed by atoms with Crippen LogP contribution in [0.1, 0.15) is 82.3 Å². The Morgan fingerprint density at radius 2 is 1.49 bits per heavy atom. The van der Waals surface area contributed by atoms with E-state index in [0.717, 1.165) is 47.2 Å². The number of fused-ring (bicyclic) bond motifs is 1. The lowest BCUT2D eigenvalue weighted by molar-refractivity contribution is -0.120. The second-order valence-electron chi connectivity index (χ2n) is 14.8. The van der Waals surface area contributed by atoms with Crippen LogP contribution in [0.25, 0.3) is 0 Å². The van der Waals surface area contributed by atoms with Crippen molar-refractivity contribution in [3.8, 4) is 17.2 Å². The molecule has 0 aromatic heterocycles. The second kappa shape index (κ2) is 22.4. The highest BCUT2D eigenvalue weighted by Gasteiger charge is 2.42. The van der Waals surface area contributed by atoms with E-state index < -0.39 is 32.1 Å². The Morgan fingerprint density at radius 3 is 2.20 bits per heavy atom. The van der Waals surface area contributed by atoms with Crippen molar-refractivity contribution in [3.05, 3.63) is 96.1 Å². The molecular formula is C45H57N5O9S2. The van der Waals surface area contributed by atoms with Gasteiger partial charge in [-0.25, -0.2) is 36.3 Å². The lowest BCUT2D eigenvalue weighted by Gasteiger charge is -2.33. The zero-order chi connectivity index (χ0) is 43.8. The summed E-state index contributed by atoms with van der Waals surface area (Å²) >= 11 is 0. The van der Waals surface area contributed by atoms with E-state index in [1.807, 2.05) is 32.0 Å². The molecule has 328 valence electrons. The predicted octanol–water partition coefficient (Wildman–Crippen LogP) is 8.76. The molecule has 1 atom stereocenters. The predicted molar refractivity (Wildman–Crippen MR) is 239 cm³/mol. The van der Waals surface area contributed by atoms with E-state index >= 15 is 0 Å². The lowest BCUT2D eigenvalue weighted by atomic mass is 10.1. The van der Waals surface area contributed by atoms with E-state index in [0.29, 0.717) is 23.8 Å². The highest BCUT2D eigenvalue weighted by atomic mass is 32.2. The number of anilines is 1. The Hall–Kier alpha value is -5.45. The number of methoxy groups -OCH3 is 1. The summed E-state index contributed by atoms with van der Waals surface area (Å²) in [6.07, 6.45) is 11.0. The number of amidine groups is 1. The van der Waals surface area contributed by atoms with Crippen molar-refractivity contribution in [3.63, 3.8) is 0 Å². The standard InChI is InChI=1S/C45H57N5O9S2/c1-5-6-7-8-9-10-11-12-13-18-28-57-40-21-16-14-19-36(40)49-45(51)43(59-41-26-24-35(60(46,52)53)31-38(41)47-32-56-4)44-48-37-20-15-17-22-42(37)61(54,55)50(44)27-29-58-39-25-23-33(2)30-34(39)3/h14-17,19-26,30-32,43H,5-13,18,27-29H2,1-4H3,(H,49,51)(H2,46,52,53). The number of aliphatic imine (C=N–C) groups is 2. The topological polar surface area (TPSA) is 188 Å². The van der Waals surface area contributed by atoms with Crippen LogP contribution in [0.5, 0.6) is 17.2 Å². The number of rotatable bonds is 24. The molecule has 61 heavy (non-hydrogen) atoms. The number of nitrogens with zero attached hydrogens (tertiary/aromatic N) is 3. The van der Waals surface area contributed by atoms with Gasteiger partial charge in [-0.05, 0) is 74.4 Å². The quantitative estimate of drug-likeness (QED) is 0.0394. The van der Waals surface area contributed by atoms with Crippen molar-refractivity contribution in [2.75, 3.05) is 32.2 Å². The van der Waals surface area contributed by atoms with Crippen molar-refractivity contribution in [1.29, 1.82) is 0 Å². The van der Waals surface area contributed by atoms with Crippen LogP contribution < -0.4 is 24.7 Å². The number of carbonyl (C=O) groups is 1. The van der Waals surface area contributed by atoms with Crippen LogP contribution in [0.3, 0.4) is 0 Å². The average molecular weight is 876 g/mol. The number of sulfonamides is 2. The van der Waals surface area contributed by atoms with Gasteiger partial charge in [0.2, 0.25) is 16.1 Å². The Labute approximate surface area is 360 Å². The fraction of sp³-hybridized carbons (Fsp3) is 0.400. The SMILES string of the molecule is CCCCCCCCCCCCOc1ccccc1NC(=O)C(Oc1ccc(S(N)(=O)=O)cc1N=COC)C1=Nc2ccccc2S(=O)(=O)N1CCOc1ccc(C)cc1C. The van der Waals surface area contributed by atoms with Crippen LogP contribution in [-0.2, 0) is 29.6 Å². The number of hydrogen-bond donors (Lipinski definition) is 2. The molecule has 14 nitrogen and oxygen atoms in total. The number of ether oxygens (including phenoxy) is 4. The molecule has 0 spiro atoms. The summed E-state index contributed by atoms with van der Waals surface area (Å²) in [6, 6.07) is 22.4. The number of benzene rings is 4. The lowest BCUT2D eigenvalue weighted by Crippen LogP contribution is -2.52. The maximum Gasteiger partial charge on any atom is 0.273 e. The molecule has 0 bridgehead atoms. The number of hydrogen-bond acceptors (Lipinski definition) is 11. The summed E-state index contributed by atoms with van der Waals surface area (Å²) in [6.45, 7) is 6.13. The minimum Gasteiger partial charge on any atom is -0.491 e. The molecule has 1 heterocycles. The van der Waals surface area contributed by atoms with Crippen LogP contribution >= 0.6 is 0 Å². The van der Waals surface area contributed by atoms with Crippen LogP contribution in [-0.4, -0.2) is 72.3 Å². The summed E-state index contributed by atoms with van der Waals surface area (Å²) in [7, 11) is -7.18. The van der Waals surface area contributed by atoms with Gasteiger partial charge in [0.25, 0.3) is 15.9 Å². The summed E-state index contributed by atoms with van der Waals surface area (Å²) in [5.41, 5.74) is 2.24. The molecule has 1 amide bonds. The van der Waals surface area contributed by atoms with E-state index in [-0.39, 0.29) is 45.9 Å². The van der Waals surface area contributed by atoms with Crippen LogP contribution in [0.2, 0.25) is 0 Å². The van der Waals surface area contributed by atoms with Gasteiger partial charge in [0.05, 0.1) is 36.5 Å². The first-order valence-electron chi connectivity index (χ1n) is 20.7. The molecule has 16 heteroatoms. The third kappa shape index (κ3) is 13.0. The Kier molecular flexibility index (Phi) is 17.1. The first kappa shape index (κ1) is 46.6. The van der Waals surface area contributed by atoms with Gasteiger partial charge in [-0.2, -0.15) is 0 Å². The first-order chi connectivity index (χ1) is 29.3. The van der Waals surface area contributed by atoms with Gasteiger partial charge in [0.1, 0.15) is 34.4 Å². The highest BCUT2D eigenvalue weighted by molar-refractivity contribution is 7.90. The maximum atomic E-state index is 14.7. The Morgan fingerprint density at radius 1 is 0.836 bits per heavy atom. The molecule has 3 N–H and O–H groups in total. The third-order valence-corrected chi connectivity index (χ3v) is 12.7. The Balaban J connectivity index is 1.46. The number of aryl methyl sites for hydroxylation is 2. The molecule has 1 aliphatic rings. The van der Waals surface area contributed by atoms with E-state index in [4.69, 9.17) is 29.1 Å². The fourth-order valence-electron chi connectivity index (χ4n) is 6.81. The molecule has 5 rings (SSSR count). The molecule has 0 saturated heterocycles. The number of amides is 1. The van der Waals surface area contributed by atoms with Gasteiger partial charge < -0.3 is 24.3 Å². The van der Waals surface area contributed by atoms with Crippen molar-refractivity contribution >= 4 is 55.3 Å². The average Bonchev–Trinajstić information content (AvgIpc) is 3.23. The fourth-order valence-corrected chi connectivity index (χ4v) is 8.91. The maximum absolute atomic E-state index is 14.7. The van der Waals surface area contributed by atoms with Crippen molar-refractivity contribution < 1.29 is 40.6 Å². The third-order valence-electron chi connectivity index (χ3n) is 9.98. The van der Waals surface area contributed by atoms with Gasteiger partial charge in [-0.1, -0.05) is 107 Å². The summed E-state index contributed by atoms with van der Waals surface area (Å²) in [5, 5.41) is 8.31. The number of carbonyl (C=O) groups excluding carboxylic acids is 1. The van der Waals surface area contributed by atoms with Crippen LogP contribution in [0.15, 0.2) is 105 Å². The summed E-state index contributed by atoms with van der Waals surface area (Å²) in [5.74, 6) is -0.205. The zero-order valence-corrected chi connectivity index (χ0v) is 37.0. The van der Waals surface area contributed by atoms with Crippen molar-refractivity contribution in [1.82, 2.24) is 4.31 Å². The molecule has 4 aromatic carbocycles. The number of primary sulfonamides is 1. The number of unbranched alkanes of at least 4 members (excludes halogenated alkanes) is 9. The molecule has 1 unspecified atom stereocenters. The smallest absolute Gasteiger partial charge is 0.273 e. The van der Waals surface area contributed by atoms with Gasteiger partial charge in [-0.3, -0.25) is 4.79 Å². The Bertz CT molecular complexity index is 2390. The molecule has 0 radical (unpaired) electrons. The molecule has 0 saturated carbocycles. The molecule has 0 fully saturated rings. The summed E-state index contributed by atoms with van der Waals surface area (Å²) in [4.78, 5) is 23.3. The van der Waals surface area contributed by atoms with Gasteiger partial charge in [0, 0.05) is 0 Å². The molecular weight excluding hydrogens is 819 g/mol. The molecule has 1 aliphatic heterocycles. The number of nitrogens with one attached hydrogen (secondary N) is 1. The van der Waals surface area contributed by atoms with Crippen LogP contribution in [0.4, 0.5) is 17.1 Å². The van der Waals surface area contributed by atoms with Gasteiger partial charge in [0.15, 0.2) is 12.2 Å². The number of nitrogens with two attached hydrogens (primary N) is 1. The van der Waals surface area contributed by atoms with Crippen molar-refractivity contribution in [2.24, 2.45) is 15.1 Å². The largest absolute Gasteiger partial charge is 0.491 e. The molecule has 0 aliphatic carbocycles. The monoisotopic (exact) mass is 875 g/mol. The zero-order valence-electron chi connectivity index (χ0n) is 35.3. The minimum atomic E-state index is -4.34. The molecule has 4 aromatic rings. The van der Waals surface area contributed by atoms with Gasteiger partial charge >= 0.3 is 0 Å². The second-order valence-corrected chi connectivity index (χ2v) is 18.2. The highest BCUT2D eigenvalue weighted by Crippen LogP contribution is 2.36. The number of para-hydroxylation sites is 3. The van der Waals surface area contributed by atoms with E-state index in [1.54, 1.807) is 36.4 Å². The van der Waals surface area contributed by atoms with E-state index in [1.165, 1.54) is 76.3 Å². The first-order valence-corrected chi connectivity index (χ1v) is 23.6. The normalized spacial score (nSPS) is 13.9. The van der Waals surface area contributed by atoms with E-state index in [9.17, 15) is 21.6 Å². The van der Waals surface area contributed by atoms with Gasteiger partial charge in [-0.15, -0.1) is 0 Å². The van der Waals surface area contributed by atoms with E-state index in [2.05, 4.69) is 17.2 Å². The van der Waals surface area contributed by atoms with Crippen molar-refractivity contribution in [2.45, 2.75) is 101 Å². The van der Waals surface area contributed by atoms with Crippen LogP contribution in [0, 0.1) is 13.8 Å². The minimum absolute atomic E-state index is 0.0713.